The molecule has 0 aliphatic carbocycles. The van der Waals surface area contributed by atoms with Crippen LogP contribution in [0, 0.1) is 0 Å². The lowest BCUT2D eigenvalue weighted by Crippen LogP contribution is -2.19. The summed E-state index contributed by atoms with van der Waals surface area (Å²) in [6.45, 7) is 0. The second-order valence-corrected chi connectivity index (χ2v) is 5.29. The van der Waals surface area contributed by atoms with Crippen LogP contribution in [0.1, 0.15) is 10.4 Å². The largest absolute Gasteiger partial charge is 0.465 e. The summed E-state index contributed by atoms with van der Waals surface area (Å²) in [4.78, 5) is 23.4. The minimum absolute atomic E-state index is 0.362. The molecule has 2 aromatic carbocycles. The van der Waals surface area contributed by atoms with Crippen LogP contribution in [-0.4, -0.2) is 23.7 Å². The van der Waals surface area contributed by atoms with Gasteiger partial charge in [0.05, 0.1) is 12.7 Å². The molecule has 6 heteroatoms. The summed E-state index contributed by atoms with van der Waals surface area (Å²) in [6, 6.07) is 17.5. The maximum absolute atomic E-state index is 12.1. The first kappa shape index (κ1) is 16.3. The quantitative estimate of drug-likeness (QED) is 0.710. The van der Waals surface area contributed by atoms with Crippen molar-refractivity contribution in [3.63, 3.8) is 0 Å². The number of aromatic nitrogens is 1. The van der Waals surface area contributed by atoms with Gasteiger partial charge in [0.15, 0.2) is 0 Å². The third-order valence-electron chi connectivity index (χ3n) is 3.59. The molecule has 2 N–H and O–H groups in total. The van der Waals surface area contributed by atoms with Crippen LogP contribution in [0.4, 0.5) is 16.2 Å². The smallest absolute Gasteiger partial charge is 0.337 e. The van der Waals surface area contributed by atoms with Crippen LogP contribution >= 0.6 is 0 Å². The summed E-state index contributed by atoms with van der Waals surface area (Å²) in [7, 11) is 1.32. The van der Waals surface area contributed by atoms with Gasteiger partial charge in [-0.05, 0) is 60.7 Å². The number of ether oxygens (including phenoxy) is 1. The van der Waals surface area contributed by atoms with Gasteiger partial charge in [0.1, 0.15) is 0 Å². The molecule has 1 heterocycles. The fraction of sp³-hybridized carbons (Fsp3) is 0.0526. The molecule has 2 amide bonds. The third kappa shape index (κ3) is 4.06. The van der Waals surface area contributed by atoms with Crippen molar-refractivity contribution in [3.8, 4) is 5.69 Å². The highest BCUT2D eigenvalue weighted by atomic mass is 16.5. The van der Waals surface area contributed by atoms with Crippen LogP contribution in [-0.2, 0) is 4.74 Å². The number of nitrogens with one attached hydrogen (secondary N) is 2. The van der Waals surface area contributed by atoms with Gasteiger partial charge in [-0.25, -0.2) is 9.59 Å². The van der Waals surface area contributed by atoms with Crippen LogP contribution in [0.5, 0.6) is 0 Å². The topological polar surface area (TPSA) is 72.4 Å². The Balaban J connectivity index is 1.59. The van der Waals surface area contributed by atoms with Crippen molar-refractivity contribution in [2.75, 3.05) is 17.7 Å². The van der Waals surface area contributed by atoms with E-state index in [1.165, 1.54) is 7.11 Å². The van der Waals surface area contributed by atoms with Gasteiger partial charge in [0.25, 0.3) is 0 Å². The molecule has 0 radical (unpaired) electrons. The van der Waals surface area contributed by atoms with Crippen molar-refractivity contribution in [3.05, 3.63) is 78.6 Å². The molecule has 0 fully saturated rings. The number of methoxy groups -OCH3 is 1. The number of amides is 2. The zero-order valence-corrected chi connectivity index (χ0v) is 13.6. The van der Waals surface area contributed by atoms with Gasteiger partial charge < -0.3 is 19.9 Å². The van der Waals surface area contributed by atoms with E-state index in [1.807, 2.05) is 53.4 Å². The van der Waals surface area contributed by atoms with Gasteiger partial charge in [-0.1, -0.05) is 0 Å². The fourth-order valence-electron chi connectivity index (χ4n) is 2.32. The molecule has 126 valence electrons. The molecule has 0 unspecified atom stereocenters. The highest BCUT2D eigenvalue weighted by Gasteiger charge is 2.06. The Labute approximate surface area is 145 Å². The van der Waals surface area contributed by atoms with Gasteiger partial charge in [-0.15, -0.1) is 0 Å². The standard InChI is InChI=1S/C19H17N3O3/c1-25-18(23)14-4-6-15(7-5-14)20-19(24)21-16-8-10-17(11-9-16)22-12-2-3-13-22/h2-13H,1H3,(H2,20,21,24). The first-order valence-electron chi connectivity index (χ1n) is 7.65. The lowest BCUT2D eigenvalue weighted by molar-refractivity contribution is 0.0601. The normalized spacial score (nSPS) is 10.1. The van der Waals surface area contributed by atoms with E-state index in [0.29, 0.717) is 16.9 Å². The molecule has 0 saturated carbocycles. The van der Waals surface area contributed by atoms with Crippen molar-refractivity contribution in [2.45, 2.75) is 0 Å². The van der Waals surface area contributed by atoms with Gasteiger partial charge in [0.2, 0.25) is 0 Å². The Morgan fingerprint density at radius 3 is 1.88 bits per heavy atom. The zero-order chi connectivity index (χ0) is 17.6. The van der Waals surface area contributed by atoms with E-state index in [0.717, 1.165) is 5.69 Å². The number of urea groups is 1. The van der Waals surface area contributed by atoms with Crippen LogP contribution in [0.25, 0.3) is 5.69 Å². The van der Waals surface area contributed by atoms with E-state index in [1.54, 1.807) is 24.3 Å². The van der Waals surface area contributed by atoms with E-state index in [4.69, 9.17) is 0 Å². The highest BCUT2D eigenvalue weighted by molar-refractivity contribution is 6.00. The molecule has 0 atom stereocenters. The number of carbonyl (C=O) groups is 2. The van der Waals surface area contributed by atoms with Crippen molar-refractivity contribution in [1.82, 2.24) is 4.57 Å². The lowest BCUT2D eigenvalue weighted by atomic mass is 10.2. The van der Waals surface area contributed by atoms with E-state index in [-0.39, 0.29) is 6.03 Å². The third-order valence-corrected chi connectivity index (χ3v) is 3.59. The van der Waals surface area contributed by atoms with Crippen LogP contribution in [0.3, 0.4) is 0 Å². The lowest BCUT2D eigenvalue weighted by Gasteiger charge is -2.09. The van der Waals surface area contributed by atoms with Crippen molar-refractivity contribution >= 4 is 23.4 Å². The first-order valence-corrected chi connectivity index (χ1v) is 7.65. The fourth-order valence-corrected chi connectivity index (χ4v) is 2.32. The average molecular weight is 335 g/mol. The molecule has 6 nitrogen and oxygen atoms in total. The van der Waals surface area contributed by atoms with Gasteiger partial charge in [-0.3, -0.25) is 0 Å². The molecule has 0 spiro atoms. The molecule has 0 bridgehead atoms. The molecular formula is C19H17N3O3. The molecule has 3 rings (SSSR count). The number of benzene rings is 2. The minimum atomic E-state index is -0.418. The maximum atomic E-state index is 12.1. The van der Waals surface area contributed by atoms with E-state index in [9.17, 15) is 9.59 Å². The van der Waals surface area contributed by atoms with E-state index in [2.05, 4.69) is 15.4 Å². The summed E-state index contributed by atoms with van der Waals surface area (Å²) in [5.74, 6) is -0.418. The number of rotatable bonds is 4. The zero-order valence-electron chi connectivity index (χ0n) is 13.6. The molecule has 1 aromatic heterocycles. The Kier molecular flexibility index (Phi) is 4.80. The van der Waals surface area contributed by atoms with Gasteiger partial charge in [0, 0.05) is 29.5 Å². The summed E-state index contributed by atoms with van der Waals surface area (Å²) >= 11 is 0. The summed E-state index contributed by atoms with van der Waals surface area (Å²) in [5.41, 5.74) is 2.69. The van der Waals surface area contributed by atoms with Gasteiger partial charge in [-0.2, -0.15) is 0 Å². The summed E-state index contributed by atoms with van der Waals surface area (Å²) < 4.78 is 6.61. The molecule has 0 aliphatic heterocycles. The van der Waals surface area contributed by atoms with Crippen LogP contribution in [0.15, 0.2) is 73.1 Å². The van der Waals surface area contributed by atoms with Crippen molar-refractivity contribution in [1.29, 1.82) is 0 Å². The molecule has 25 heavy (non-hydrogen) atoms. The Hall–Kier alpha value is -3.54. The van der Waals surface area contributed by atoms with Crippen molar-refractivity contribution < 1.29 is 14.3 Å². The summed E-state index contributed by atoms with van der Waals surface area (Å²) in [5, 5.41) is 5.47. The number of anilines is 2. The Bertz CT molecular complexity index is 854. The number of carbonyl (C=O) groups excluding carboxylic acids is 2. The number of esters is 1. The number of nitrogens with zero attached hydrogens (tertiary/aromatic N) is 1. The highest BCUT2D eigenvalue weighted by Crippen LogP contribution is 2.15. The predicted molar refractivity (Wildman–Crippen MR) is 96.2 cm³/mol. The van der Waals surface area contributed by atoms with Crippen LogP contribution < -0.4 is 10.6 Å². The SMILES string of the molecule is COC(=O)c1ccc(NC(=O)Nc2ccc(-n3cccc3)cc2)cc1. The first-order chi connectivity index (χ1) is 12.2. The second-order valence-electron chi connectivity index (χ2n) is 5.29. The predicted octanol–water partition coefficient (Wildman–Crippen LogP) is 3.91. The maximum Gasteiger partial charge on any atom is 0.337 e. The summed E-state index contributed by atoms with van der Waals surface area (Å²) in [6.07, 6.45) is 3.90. The Morgan fingerprint density at radius 2 is 1.36 bits per heavy atom. The number of hydrogen-bond acceptors (Lipinski definition) is 3. The average Bonchev–Trinajstić information content (AvgIpc) is 3.17. The minimum Gasteiger partial charge on any atom is -0.465 e. The monoisotopic (exact) mass is 335 g/mol. The second kappa shape index (κ2) is 7.35. The van der Waals surface area contributed by atoms with Crippen molar-refractivity contribution in [2.24, 2.45) is 0 Å². The molecule has 0 aliphatic rings. The molecular weight excluding hydrogens is 318 g/mol. The molecule has 0 saturated heterocycles. The van der Waals surface area contributed by atoms with E-state index < -0.39 is 5.97 Å². The molecule has 3 aromatic rings. The van der Waals surface area contributed by atoms with Gasteiger partial charge >= 0.3 is 12.0 Å². The number of hydrogen-bond donors (Lipinski definition) is 2. The van der Waals surface area contributed by atoms with E-state index >= 15 is 0 Å². The Morgan fingerprint density at radius 1 is 0.840 bits per heavy atom. The van der Waals surface area contributed by atoms with Crippen LogP contribution in [0.2, 0.25) is 0 Å².